The third kappa shape index (κ3) is 5.25. The maximum Gasteiger partial charge on any atom is 0.412 e. The lowest BCUT2D eigenvalue weighted by Crippen LogP contribution is -2.30. The highest BCUT2D eigenvalue weighted by Gasteiger charge is 2.36. The molecule has 0 aliphatic carbocycles. The molecule has 10 heteroatoms. The largest absolute Gasteiger partial charge is 0.412 e. The molecule has 3 amide bonds. The number of H-pyrrole nitrogens is 2. The van der Waals surface area contributed by atoms with E-state index in [1.54, 1.807) is 23.1 Å². The zero-order valence-corrected chi connectivity index (χ0v) is 25.2. The summed E-state index contributed by atoms with van der Waals surface area (Å²) < 4.78 is 5.73. The van der Waals surface area contributed by atoms with Crippen LogP contribution in [0.2, 0.25) is 0 Å². The lowest BCUT2D eigenvalue weighted by molar-refractivity contribution is 0.0982. The average molecular weight is 620 g/mol. The molecule has 4 N–H and O–H groups in total. The average Bonchev–Trinajstić information content (AvgIpc) is 3.78. The fourth-order valence-corrected chi connectivity index (χ4v) is 6.30. The normalized spacial score (nSPS) is 14.2. The van der Waals surface area contributed by atoms with E-state index in [1.165, 1.54) is 0 Å². The molecule has 0 saturated carbocycles. The van der Waals surface area contributed by atoms with Crippen molar-refractivity contribution in [2.45, 2.75) is 19.3 Å². The minimum Gasteiger partial charge on any atom is -0.410 e. The molecular formula is C35H30ClN5O4. The number of aromatic nitrogens is 2. The van der Waals surface area contributed by atoms with Gasteiger partial charge < -0.3 is 30.2 Å². The number of aromatic amines is 2. The second-order valence-electron chi connectivity index (χ2n) is 11.1. The predicted molar refractivity (Wildman–Crippen MR) is 178 cm³/mol. The summed E-state index contributed by atoms with van der Waals surface area (Å²) in [7, 11) is 0. The third-order valence-electron chi connectivity index (χ3n) is 8.17. The molecule has 9 nitrogen and oxygen atoms in total. The van der Waals surface area contributed by atoms with Gasteiger partial charge in [0.15, 0.2) is 0 Å². The number of hydrogen-bond donors (Lipinski definition) is 4. The van der Waals surface area contributed by atoms with E-state index < -0.39 is 6.09 Å². The van der Waals surface area contributed by atoms with Crippen LogP contribution in [0.4, 0.5) is 16.2 Å². The van der Waals surface area contributed by atoms with E-state index in [0.717, 1.165) is 44.6 Å². The van der Waals surface area contributed by atoms with Gasteiger partial charge in [0.1, 0.15) is 17.1 Å². The summed E-state index contributed by atoms with van der Waals surface area (Å²) in [6.07, 6.45) is 0.233. The van der Waals surface area contributed by atoms with Gasteiger partial charge in [-0.05, 0) is 53.8 Å². The maximum absolute atomic E-state index is 14.0. The van der Waals surface area contributed by atoms with Gasteiger partial charge in [0.05, 0.1) is 5.69 Å². The summed E-state index contributed by atoms with van der Waals surface area (Å²) in [4.78, 5) is 47.6. The highest BCUT2D eigenvalue weighted by molar-refractivity contribution is 6.19. The van der Waals surface area contributed by atoms with Crippen molar-refractivity contribution < 1.29 is 19.1 Å². The van der Waals surface area contributed by atoms with Crippen molar-refractivity contribution in [2.24, 2.45) is 0 Å². The first-order valence-corrected chi connectivity index (χ1v) is 15.4. The fourth-order valence-electron chi connectivity index (χ4n) is 6.04. The molecule has 226 valence electrons. The van der Waals surface area contributed by atoms with Crippen LogP contribution in [0, 0.1) is 0 Å². The molecule has 0 radical (unpaired) electrons. The molecule has 6 aromatic rings. The Morgan fingerprint density at radius 2 is 1.62 bits per heavy atom. The Kier molecular flexibility index (Phi) is 7.39. The van der Waals surface area contributed by atoms with Gasteiger partial charge in [-0.3, -0.25) is 9.59 Å². The van der Waals surface area contributed by atoms with Crippen LogP contribution in [0.15, 0.2) is 84.9 Å². The van der Waals surface area contributed by atoms with Crippen molar-refractivity contribution in [1.82, 2.24) is 15.3 Å². The molecular weight excluding hydrogens is 590 g/mol. The number of amides is 3. The zero-order chi connectivity index (χ0) is 31.1. The first-order chi connectivity index (χ1) is 21.9. The number of fused-ring (bicyclic) bond motifs is 5. The second kappa shape index (κ2) is 11.7. The summed E-state index contributed by atoms with van der Waals surface area (Å²) in [5.41, 5.74) is 4.71. The minimum atomic E-state index is -0.547. The van der Waals surface area contributed by atoms with Gasteiger partial charge in [-0.25, -0.2) is 4.79 Å². The number of nitrogens with zero attached hydrogens (tertiary/aromatic N) is 1. The number of benzene rings is 4. The van der Waals surface area contributed by atoms with Crippen LogP contribution >= 0.6 is 11.6 Å². The van der Waals surface area contributed by atoms with Gasteiger partial charge in [0.2, 0.25) is 0 Å². The lowest BCUT2D eigenvalue weighted by Gasteiger charge is -2.18. The number of rotatable bonds is 7. The first kappa shape index (κ1) is 28.5. The number of ether oxygens (including phenoxy) is 1. The van der Waals surface area contributed by atoms with Gasteiger partial charge in [-0.15, -0.1) is 11.6 Å². The van der Waals surface area contributed by atoms with Crippen molar-refractivity contribution in [3.8, 4) is 5.75 Å². The fraction of sp³-hybridized carbons (Fsp3) is 0.171. The molecule has 1 unspecified atom stereocenters. The van der Waals surface area contributed by atoms with Gasteiger partial charge in [-0.2, -0.15) is 0 Å². The molecule has 7 rings (SSSR count). The number of alkyl halides is 1. The van der Waals surface area contributed by atoms with Crippen LogP contribution in [0.5, 0.6) is 5.75 Å². The van der Waals surface area contributed by atoms with Crippen molar-refractivity contribution in [3.05, 3.63) is 102 Å². The Hall–Kier alpha value is -5.28. The number of para-hydroxylation sites is 1. The molecule has 2 aromatic heterocycles. The monoisotopic (exact) mass is 619 g/mol. The van der Waals surface area contributed by atoms with E-state index in [4.69, 9.17) is 16.3 Å². The Labute approximate surface area is 263 Å². The Balaban J connectivity index is 1.18. The number of nitrogens with one attached hydrogen (secondary N) is 4. The molecule has 3 heterocycles. The van der Waals surface area contributed by atoms with E-state index in [1.807, 2.05) is 73.7 Å². The maximum atomic E-state index is 14.0. The predicted octanol–water partition coefficient (Wildman–Crippen LogP) is 7.54. The van der Waals surface area contributed by atoms with Crippen molar-refractivity contribution in [3.63, 3.8) is 0 Å². The number of anilines is 2. The third-order valence-corrected chi connectivity index (χ3v) is 8.54. The summed E-state index contributed by atoms with van der Waals surface area (Å²) in [6.45, 7) is 2.84. The van der Waals surface area contributed by atoms with Crippen LogP contribution < -0.4 is 20.3 Å². The highest BCUT2D eigenvalue weighted by atomic mass is 35.5. The lowest BCUT2D eigenvalue weighted by atomic mass is 9.95. The Morgan fingerprint density at radius 1 is 0.889 bits per heavy atom. The van der Waals surface area contributed by atoms with Crippen LogP contribution in [-0.4, -0.2) is 46.8 Å². The molecule has 45 heavy (non-hydrogen) atoms. The molecule has 1 aliphatic rings. The summed E-state index contributed by atoms with van der Waals surface area (Å²) in [5, 5.41) is 9.08. The van der Waals surface area contributed by atoms with Crippen molar-refractivity contribution in [1.29, 1.82) is 0 Å². The highest BCUT2D eigenvalue weighted by Crippen LogP contribution is 2.46. The molecule has 4 aromatic carbocycles. The summed E-state index contributed by atoms with van der Waals surface area (Å²) >= 11 is 6.45. The van der Waals surface area contributed by atoms with Gasteiger partial charge in [0.25, 0.3) is 11.8 Å². The van der Waals surface area contributed by atoms with E-state index in [-0.39, 0.29) is 17.7 Å². The topological polar surface area (TPSA) is 119 Å². The second-order valence-corrected chi connectivity index (χ2v) is 11.5. The van der Waals surface area contributed by atoms with Crippen LogP contribution in [0.25, 0.3) is 32.6 Å². The zero-order valence-electron chi connectivity index (χ0n) is 24.4. The van der Waals surface area contributed by atoms with Crippen LogP contribution in [0.3, 0.4) is 0 Å². The molecule has 1 atom stereocenters. The number of hydrogen-bond acceptors (Lipinski definition) is 4. The van der Waals surface area contributed by atoms with Crippen molar-refractivity contribution >= 4 is 73.5 Å². The number of carbonyl (C=O) groups is 3. The molecule has 0 bridgehead atoms. The Bertz CT molecular complexity index is 2080. The number of halogens is 1. The first-order valence-electron chi connectivity index (χ1n) is 14.8. The summed E-state index contributed by atoms with van der Waals surface area (Å²) in [6, 6.07) is 26.2. The molecule has 1 aliphatic heterocycles. The van der Waals surface area contributed by atoms with E-state index in [0.29, 0.717) is 47.5 Å². The minimum absolute atomic E-state index is 0.102. The summed E-state index contributed by atoms with van der Waals surface area (Å²) in [5.74, 6) is 0.101. The SMILES string of the molecule is CCCNC(=O)Oc1cc2c(c3ccccc13)C(CCl)CN2C(=O)c1cc2cc(NC(=O)c3cc4ccccc4[nH]3)ccc2[nH]1. The van der Waals surface area contributed by atoms with E-state index in [2.05, 4.69) is 20.6 Å². The van der Waals surface area contributed by atoms with E-state index >= 15 is 0 Å². The molecule has 0 fully saturated rings. The van der Waals surface area contributed by atoms with Crippen LogP contribution in [0.1, 0.15) is 45.8 Å². The molecule has 0 saturated heterocycles. The quantitative estimate of drug-likeness (QED) is 0.138. The van der Waals surface area contributed by atoms with Crippen LogP contribution in [-0.2, 0) is 0 Å². The van der Waals surface area contributed by atoms with E-state index in [9.17, 15) is 14.4 Å². The van der Waals surface area contributed by atoms with Gasteiger partial charge in [-0.1, -0.05) is 49.4 Å². The van der Waals surface area contributed by atoms with Crippen molar-refractivity contribution in [2.75, 3.05) is 29.2 Å². The van der Waals surface area contributed by atoms with Gasteiger partial charge in [0, 0.05) is 63.8 Å². The molecule has 0 spiro atoms. The van der Waals surface area contributed by atoms with Gasteiger partial charge >= 0.3 is 6.09 Å². The smallest absolute Gasteiger partial charge is 0.410 e. The Morgan fingerprint density at radius 3 is 2.42 bits per heavy atom. The standard InChI is InChI=1S/C35H30ClN5O4/c1-2-13-37-35(44)45-31-17-30-32(25-9-5-4-8-24(25)31)22(18-36)19-41(30)34(43)29-16-21-14-23(11-12-27(21)40-29)38-33(42)28-15-20-7-3-6-10-26(20)39-28/h3-12,14-17,22,39-40H,2,13,18-19H2,1H3,(H,37,44)(H,38,42). The number of carbonyl (C=O) groups excluding carboxylic acids is 3.